The molecule has 2 heterocycles. The molecule has 6 heteroatoms. The van der Waals surface area contributed by atoms with Gasteiger partial charge in [0.15, 0.2) is 0 Å². The summed E-state index contributed by atoms with van der Waals surface area (Å²) in [6, 6.07) is 7.83. The number of carbonyl (C=O) groups excluding carboxylic acids is 1. The highest BCUT2D eigenvalue weighted by Gasteiger charge is 2.52. The fraction of sp³-hybridized carbons (Fsp3) is 0.421. The highest BCUT2D eigenvalue weighted by atomic mass is 16.7. The summed E-state index contributed by atoms with van der Waals surface area (Å²) in [5.41, 5.74) is 4.77. The lowest BCUT2D eigenvalue weighted by atomic mass is 9.68. The van der Waals surface area contributed by atoms with Crippen LogP contribution in [0.3, 0.4) is 0 Å². The normalized spacial score (nSPS) is 24.6. The highest BCUT2D eigenvalue weighted by Crippen LogP contribution is 2.46. The summed E-state index contributed by atoms with van der Waals surface area (Å²) in [6.45, 7) is 6.00. The van der Waals surface area contributed by atoms with E-state index >= 15 is 0 Å². The van der Waals surface area contributed by atoms with Crippen LogP contribution < -0.4 is 5.32 Å². The van der Waals surface area contributed by atoms with E-state index in [2.05, 4.69) is 15.5 Å². The van der Waals surface area contributed by atoms with Gasteiger partial charge in [0.1, 0.15) is 5.60 Å². The third-order valence-electron chi connectivity index (χ3n) is 5.25. The van der Waals surface area contributed by atoms with Crippen molar-refractivity contribution >= 4 is 17.3 Å². The summed E-state index contributed by atoms with van der Waals surface area (Å²) in [4.78, 5) is 22.2. The van der Waals surface area contributed by atoms with E-state index in [1.165, 1.54) is 0 Å². The Kier molecular flexibility index (Phi) is 3.63. The van der Waals surface area contributed by atoms with Crippen LogP contribution in [-0.4, -0.2) is 26.8 Å². The maximum atomic E-state index is 12.4. The van der Waals surface area contributed by atoms with Crippen LogP contribution in [0.15, 0.2) is 35.7 Å². The molecule has 1 aromatic heterocycles. The SMILES string of the molecule is CC1=NOC2(C1)CC(C(=O)Nc1ccc(-n3cnc(C)c3C)cc1)C2. The molecule has 4 rings (SSSR count). The summed E-state index contributed by atoms with van der Waals surface area (Å²) < 4.78 is 2.04. The molecule has 1 fully saturated rings. The Bertz CT molecular complexity index is 845. The summed E-state index contributed by atoms with van der Waals surface area (Å²) >= 11 is 0. The zero-order valence-corrected chi connectivity index (χ0v) is 14.7. The Hall–Kier alpha value is -2.63. The number of imidazole rings is 1. The highest BCUT2D eigenvalue weighted by molar-refractivity contribution is 5.94. The van der Waals surface area contributed by atoms with Crippen molar-refractivity contribution in [2.75, 3.05) is 5.32 Å². The molecule has 0 unspecified atom stereocenters. The van der Waals surface area contributed by atoms with E-state index in [0.717, 1.165) is 47.7 Å². The van der Waals surface area contributed by atoms with Crippen molar-refractivity contribution in [3.05, 3.63) is 42.0 Å². The molecule has 0 atom stereocenters. The Morgan fingerprint density at radius 1 is 1.24 bits per heavy atom. The van der Waals surface area contributed by atoms with Gasteiger partial charge in [-0.05, 0) is 45.0 Å². The molecular weight excluding hydrogens is 316 g/mol. The van der Waals surface area contributed by atoms with Crippen molar-refractivity contribution < 1.29 is 9.63 Å². The number of hydrogen-bond donors (Lipinski definition) is 1. The van der Waals surface area contributed by atoms with Crippen LogP contribution in [0.5, 0.6) is 0 Å². The quantitative estimate of drug-likeness (QED) is 0.933. The molecule has 1 aliphatic heterocycles. The molecule has 1 aromatic carbocycles. The average Bonchev–Trinajstić information content (AvgIpc) is 3.11. The smallest absolute Gasteiger partial charge is 0.227 e. The third-order valence-corrected chi connectivity index (χ3v) is 5.25. The maximum Gasteiger partial charge on any atom is 0.227 e. The second-order valence-electron chi connectivity index (χ2n) is 7.20. The van der Waals surface area contributed by atoms with E-state index < -0.39 is 0 Å². The van der Waals surface area contributed by atoms with Gasteiger partial charge >= 0.3 is 0 Å². The van der Waals surface area contributed by atoms with Crippen LogP contribution in [0.1, 0.15) is 37.6 Å². The molecule has 0 bridgehead atoms. The number of carbonyl (C=O) groups is 1. The second-order valence-corrected chi connectivity index (χ2v) is 7.20. The topological polar surface area (TPSA) is 68.5 Å². The van der Waals surface area contributed by atoms with Crippen LogP contribution in [-0.2, 0) is 9.63 Å². The number of nitrogens with one attached hydrogen (secondary N) is 1. The zero-order chi connectivity index (χ0) is 17.6. The predicted octanol–water partition coefficient (Wildman–Crippen LogP) is 3.37. The lowest BCUT2D eigenvalue weighted by molar-refractivity contribution is -0.142. The largest absolute Gasteiger partial charge is 0.389 e. The first kappa shape index (κ1) is 15.9. The van der Waals surface area contributed by atoms with Gasteiger partial charge in [-0.2, -0.15) is 0 Å². The molecular formula is C19H22N4O2. The third kappa shape index (κ3) is 2.81. The average molecular weight is 338 g/mol. The van der Waals surface area contributed by atoms with Gasteiger partial charge in [0.2, 0.25) is 5.91 Å². The van der Waals surface area contributed by atoms with Gasteiger partial charge in [0.25, 0.3) is 0 Å². The molecule has 1 spiro atoms. The van der Waals surface area contributed by atoms with Crippen molar-refractivity contribution in [2.24, 2.45) is 11.1 Å². The van der Waals surface area contributed by atoms with Gasteiger partial charge in [-0.3, -0.25) is 4.79 Å². The zero-order valence-electron chi connectivity index (χ0n) is 14.7. The van der Waals surface area contributed by atoms with Crippen molar-refractivity contribution in [2.45, 2.75) is 45.6 Å². The molecule has 0 radical (unpaired) electrons. The molecule has 2 aliphatic rings. The minimum atomic E-state index is -0.216. The molecule has 2 aromatic rings. The summed E-state index contributed by atoms with van der Waals surface area (Å²) in [7, 11) is 0. The van der Waals surface area contributed by atoms with Gasteiger partial charge in [0.05, 0.1) is 17.7 Å². The first-order valence-electron chi connectivity index (χ1n) is 8.59. The number of aromatic nitrogens is 2. The van der Waals surface area contributed by atoms with E-state index in [-0.39, 0.29) is 17.4 Å². The van der Waals surface area contributed by atoms with Crippen LogP contribution >= 0.6 is 0 Å². The molecule has 1 amide bonds. The maximum absolute atomic E-state index is 12.4. The number of aryl methyl sites for hydroxylation is 1. The lowest BCUT2D eigenvalue weighted by Gasteiger charge is -2.41. The van der Waals surface area contributed by atoms with Gasteiger partial charge in [-0.15, -0.1) is 0 Å². The number of anilines is 1. The van der Waals surface area contributed by atoms with Crippen molar-refractivity contribution in [3.8, 4) is 5.69 Å². The molecule has 25 heavy (non-hydrogen) atoms. The fourth-order valence-electron chi connectivity index (χ4n) is 3.66. The number of rotatable bonds is 3. The molecule has 0 saturated heterocycles. The number of hydrogen-bond acceptors (Lipinski definition) is 4. The van der Waals surface area contributed by atoms with Gasteiger partial charge in [-0.1, -0.05) is 5.16 Å². The van der Waals surface area contributed by atoms with Gasteiger partial charge < -0.3 is 14.7 Å². The second kappa shape index (κ2) is 5.72. The van der Waals surface area contributed by atoms with Crippen LogP contribution in [0, 0.1) is 19.8 Å². The molecule has 6 nitrogen and oxygen atoms in total. The number of amides is 1. The Labute approximate surface area is 146 Å². The van der Waals surface area contributed by atoms with E-state index in [0.29, 0.717) is 0 Å². The predicted molar refractivity (Wildman–Crippen MR) is 95.9 cm³/mol. The van der Waals surface area contributed by atoms with Crippen LogP contribution in [0.25, 0.3) is 5.69 Å². The molecule has 1 N–H and O–H groups in total. The number of oxime groups is 1. The minimum absolute atomic E-state index is 0.000630. The minimum Gasteiger partial charge on any atom is -0.389 e. The summed E-state index contributed by atoms with van der Waals surface area (Å²) in [6.07, 6.45) is 4.14. The monoisotopic (exact) mass is 338 g/mol. The van der Waals surface area contributed by atoms with E-state index in [1.807, 2.05) is 55.9 Å². The Balaban J connectivity index is 1.37. The van der Waals surface area contributed by atoms with Crippen LogP contribution in [0.2, 0.25) is 0 Å². The van der Waals surface area contributed by atoms with Gasteiger partial charge in [-0.25, -0.2) is 4.98 Å². The van der Waals surface area contributed by atoms with Gasteiger partial charge in [0, 0.05) is 42.2 Å². The van der Waals surface area contributed by atoms with Crippen molar-refractivity contribution in [3.63, 3.8) is 0 Å². The summed E-state index contributed by atoms with van der Waals surface area (Å²) in [5, 5.41) is 7.02. The van der Waals surface area contributed by atoms with E-state index in [1.54, 1.807) is 0 Å². The molecule has 1 aliphatic carbocycles. The van der Waals surface area contributed by atoms with Crippen molar-refractivity contribution in [1.82, 2.24) is 9.55 Å². The molecule has 130 valence electrons. The Morgan fingerprint density at radius 2 is 1.96 bits per heavy atom. The fourth-order valence-corrected chi connectivity index (χ4v) is 3.66. The lowest BCUT2D eigenvalue weighted by Crippen LogP contribution is -2.48. The van der Waals surface area contributed by atoms with E-state index in [9.17, 15) is 4.79 Å². The first-order valence-corrected chi connectivity index (χ1v) is 8.59. The van der Waals surface area contributed by atoms with Crippen molar-refractivity contribution in [1.29, 1.82) is 0 Å². The molecule has 1 saturated carbocycles. The van der Waals surface area contributed by atoms with Crippen LogP contribution in [0.4, 0.5) is 5.69 Å². The van der Waals surface area contributed by atoms with E-state index in [4.69, 9.17) is 4.84 Å². The number of nitrogens with zero attached hydrogens (tertiary/aromatic N) is 3. The Morgan fingerprint density at radius 3 is 2.52 bits per heavy atom. The first-order chi connectivity index (χ1) is 12.0. The summed E-state index contributed by atoms with van der Waals surface area (Å²) in [5.74, 6) is 0.0560. The standard InChI is InChI=1S/C19H22N4O2/c1-12-8-19(25-22-12)9-15(10-19)18(24)21-16-4-6-17(7-5-16)23-11-20-13(2)14(23)3/h4-7,11,15H,8-10H2,1-3H3,(H,21,24). The number of benzene rings is 1.